The summed E-state index contributed by atoms with van der Waals surface area (Å²) in [6.07, 6.45) is 3.40. The molecule has 0 N–H and O–H groups in total. The van der Waals surface area contributed by atoms with Gasteiger partial charge in [0.05, 0.1) is 24.0 Å². The van der Waals surface area contributed by atoms with Crippen molar-refractivity contribution in [3.05, 3.63) is 83.7 Å². The molecule has 1 aliphatic heterocycles. The van der Waals surface area contributed by atoms with E-state index in [4.69, 9.17) is 5.26 Å². The van der Waals surface area contributed by atoms with Crippen molar-refractivity contribution in [3.63, 3.8) is 0 Å². The van der Waals surface area contributed by atoms with E-state index >= 15 is 0 Å². The van der Waals surface area contributed by atoms with Gasteiger partial charge in [-0.3, -0.25) is 9.59 Å². The fourth-order valence-corrected chi connectivity index (χ4v) is 3.85. The average molecular weight is 420 g/mol. The number of benzene rings is 2. The topological polar surface area (TPSA) is 64.4 Å². The largest absolute Gasteiger partial charge is 0.342 e. The molecule has 5 nitrogen and oxygen atoms in total. The summed E-state index contributed by atoms with van der Waals surface area (Å²) >= 11 is 0. The summed E-state index contributed by atoms with van der Waals surface area (Å²) in [4.78, 5) is 29.4. The van der Waals surface area contributed by atoms with Crippen LogP contribution in [0.3, 0.4) is 0 Å². The molecule has 31 heavy (non-hydrogen) atoms. The molecule has 2 amide bonds. The van der Waals surface area contributed by atoms with Gasteiger partial charge in [0.15, 0.2) is 0 Å². The van der Waals surface area contributed by atoms with Crippen LogP contribution in [0.5, 0.6) is 0 Å². The molecule has 1 saturated heterocycles. The van der Waals surface area contributed by atoms with Gasteiger partial charge in [0.2, 0.25) is 11.8 Å². The van der Waals surface area contributed by atoms with Crippen molar-refractivity contribution in [1.82, 2.24) is 9.80 Å². The summed E-state index contributed by atoms with van der Waals surface area (Å²) in [6.45, 7) is 5.62. The Balaban J connectivity index is 1.64. The lowest BCUT2D eigenvalue weighted by Crippen LogP contribution is -2.47. The molecule has 3 rings (SSSR count). The highest BCUT2D eigenvalue weighted by molar-refractivity contribution is 5.82. The highest BCUT2D eigenvalue weighted by Crippen LogP contribution is 2.21. The SMILES string of the molecule is C=CCN(Cc1ccc(C#N)cc1)C(=O)C1CCCN(C(=O)Cc2ccc(F)cc2)C1. The standard InChI is InChI=1S/C25H26FN3O2/c1-2-13-29(17-21-7-5-20(16-27)6-8-21)25(31)22-4-3-14-28(18-22)24(30)15-19-9-11-23(26)12-10-19/h2,5-12,22H,1,3-4,13-15,17-18H2. The molecule has 0 aromatic heterocycles. The fraction of sp³-hybridized carbons (Fsp3) is 0.320. The monoisotopic (exact) mass is 419 g/mol. The smallest absolute Gasteiger partial charge is 0.228 e. The van der Waals surface area contributed by atoms with Crippen LogP contribution in [-0.4, -0.2) is 41.2 Å². The van der Waals surface area contributed by atoms with Gasteiger partial charge < -0.3 is 9.80 Å². The van der Waals surface area contributed by atoms with Gasteiger partial charge in [0, 0.05) is 26.2 Å². The Morgan fingerprint density at radius 1 is 1.16 bits per heavy atom. The molecule has 2 aromatic carbocycles. The third kappa shape index (κ3) is 6.02. The third-order valence-electron chi connectivity index (χ3n) is 5.51. The number of piperidine rings is 1. The van der Waals surface area contributed by atoms with E-state index in [2.05, 4.69) is 12.6 Å². The lowest BCUT2D eigenvalue weighted by molar-refractivity contribution is -0.140. The van der Waals surface area contributed by atoms with Crippen LogP contribution in [0.25, 0.3) is 0 Å². The van der Waals surface area contributed by atoms with E-state index in [1.165, 1.54) is 12.1 Å². The van der Waals surface area contributed by atoms with E-state index in [1.54, 1.807) is 40.1 Å². The van der Waals surface area contributed by atoms with Crippen LogP contribution in [0, 0.1) is 23.1 Å². The number of carbonyl (C=O) groups excluding carboxylic acids is 2. The second-order valence-corrected chi connectivity index (χ2v) is 7.80. The first-order valence-corrected chi connectivity index (χ1v) is 10.4. The lowest BCUT2D eigenvalue weighted by Gasteiger charge is -2.35. The van der Waals surface area contributed by atoms with Gasteiger partial charge in [-0.05, 0) is 48.2 Å². The fourth-order valence-electron chi connectivity index (χ4n) is 3.85. The number of likely N-dealkylation sites (tertiary alicyclic amines) is 1. The second kappa shape index (κ2) is 10.5. The van der Waals surface area contributed by atoms with E-state index in [1.807, 2.05) is 12.1 Å². The highest BCUT2D eigenvalue weighted by atomic mass is 19.1. The predicted octanol–water partition coefficient (Wildman–Crippen LogP) is 3.69. The molecule has 0 saturated carbocycles. The predicted molar refractivity (Wildman–Crippen MR) is 116 cm³/mol. The van der Waals surface area contributed by atoms with E-state index in [9.17, 15) is 14.0 Å². The van der Waals surface area contributed by atoms with Crippen molar-refractivity contribution in [2.45, 2.75) is 25.8 Å². The number of amides is 2. The first kappa shape index (κ1) is 22.2. The Bertz CT molecular complexity index is 964. The Morgan fingerprint density at radius 3 is 2.48 bits per heavy atom. The van der Waals surface area contributed by atoms with Crippen molar-refractivity contribution in [3.8, 4) is 6.07 Å². The van der Waals surface area contributed by atoms with Crippen molar-refractivity contribution in [2.24, 2.45) is 5.92 Å². The van der Waals surface area contributed by atoms with Crippen LogP contribution < -0.4 is 0 Å². The van der Waals surface area contributed by atoms with Crippen LogP contribution in [0.2, 0.25) is 0 Å². The van der Waals surface area contributed by atoms with Gasteiger partial charge in [0.1, 0.15) is 5.82 Å². The lowest BCUT2D eigenvalue weighted by atomic mass is 9.95. The number of carbonyl (C=O) groups is 2. The van der Waals surface area contributed by atoms with Crippen molar-refractivity contribution >= 4 is 11.8 Å². The van der Waals surface area contributed by atoms with Gasteiger partial charge in [-0.2, -0.15) is 5.26 Å². The molecule has 1 fully saturated rings. The minimum atomic E-state index is -0.329. The molecular formula is C25H26FN3O2. The van der Waals surface area contributed by atoms with Crippen molar-refractivity contribution in [1.29, 1.82) is 5.26 Å². The number of nitrogens with zero attached hydrogens (tertiary/aromatic N) is 3. The molecule has 160 valence electrons. The van der Waals surface area contributed by atoms with Gasteiger partial charge >= 0.3 is 0 Å². The summed E-state index contributed by atoms with van der Waals surface area (Å²) in [6, 6.07) is 15.2. The first-order chi connectivity index (χ1) is 15.0. The highest BCUT2D eigenvalue weighted by Gasteiger charge is 2.31. The van der Waals surface area contributed by atoms with E-state index in [0.717, 1.165) is 24.0 Å². The van der Waals surface area contributed by atoms with Crippen LogP contribution in [-0.2, 0) is 22.6 Å². The van der Waals surface area contributed by atoms with Gasteiger partial charge in [-0.15, -0.1) is 6.58 Å². The molecule has 0 radical (unpaired) electrons. The zero-order chi connectivity index (χ0) is 22.2. The quantitative estimate of drug-likeness (QED) is 0.643. The average Bonchev–Trinajstić information content (AvgIpc) is 2.80. The number of halogens is 1. The molecule has 0 spiro atoms. The Labute approximate surface area is 182 Å². The van der Waals surface area contributed by atoms with Gasteiger partial charge in [-0.1, -0.05) is 30.3 Å². The maximum absolute atomic E-state index is 13.2. The van der Waals surface area contributed by atoms with Crippen LogP contribution >= 0.6 is 0 Å². The Kier molecular flexibility index (Phi) is 7.55. The molecule has 6 heteroatoms. The van der Waals surface area contributed by atoms with Crippen LogP contribution in [0.15, 0.2) is 61.2 Å². The zero-order valence-corrected chi connectivity index (χ0v) is 17.5. The van der Waals surface area contributed by atoms with Gasteiger partial charge in [-0.25, -0.2) is 4.39 Å². The summed E-state index contributed by atoms with van der Waals surface area (Å²) in [5.41, 5.74) is 2.27. The third-order valence-corrected chi connectivity index (χ3v) is 5.51. The number of rotatable bonds is 7. The maximum Gasteiger partial charge on any atom is 0.228 e. The molecule has 1 unspecified atom stereocenters. The van der Waals surface area contributed by atoms with Gasteiger partial charge in [0.25, 0.3) is 0 Å². The van der Waals surface area contributed by atoms with Crippen LogP contribution in [0.4, 0.5) is 4.39 Å². The summed E-state index contributed by atoms with van der Waals surface area (Å²) in [7, 11) is 0. The molecule has 1 heterocycles. The zero-order valence-electron chi connectivity index (χ0n) is 17.5. The van der Waals surface area contributed by atoms with Crippen LogP contribution in [0.1, 0.15) is 29.5 Å². The molecule has 0 aliphatic carbocycles. The number of nitriles is 1. The van der Waals surface area contributed by atoms with E-state index in [0.29, 0.717) is 31.7 Å². The molecule has 1 aliphatic rings. The number of hydrogen-bond donors (Lipinski definition) is 0. The Morgan fingerprint density at radius 2 is 1.84 bits per heavy atom. The first-order valence-electron chi connectivity index (χ1n) is 10.4. The second-order valence-electron chi connectivity index (χ2n) is 7.80. The van der Waals surface area contributed by atoms with E-state index in [-0.39, 0.29) is 30.0 Å². The normalized spacial score (nSPS) is 15.7. The summed E-state index contributed by atoms with van der Waals surface area (Å²) in [5.74, 6) is -0.635. The molecule has 1 atom stereocenters. The maximum atomic E-state index is 13.2. The Hall–Kier alpha value is -3.46. The summed E-state index contributed by atoms with van der Waals surface area (Å²) in [5, 5.41) is 8.95. The molecule has 2 aromatic rings. The van der Waals surface area contributed by atoms with E-state index < -0.39 is 0 Å². The van der Waals surface area contributed by atoms with Crippen molar-refractivity contribution in [2.75, 3.05) is 19.6 Å². The minimum absolute atomic E-state index is 0.00328. The molecular weight excluding hydrogens is 393 g/mol. The minimum Gasteiger partial charge on any atom is -0.342 e. The molecule has 0 bridgehead atoms. The summed E-state index contributed by atoms with van der Waals surface area (Å²) < 4.78 is 13.1. The van der Waals surface area contributed by atoms with Crippen molar-refractivity contribution < 1.29 is 14.0 Å². The number of hydrogen-bond acceptors (Lipinski definition) is 3.